The van der Waals surface area contributed by atoms with E-state index >= 15 is 0 Å². The molecule has 0 aromatic carbocycles. The zero-order chi connectivity index (χ0) is 7.24. The Labute approximate surface area is 62.8 Å². The maximum atomic E-state index is 5.61. The topological polar surface area (TPSA) is 9.23 Å². The molecule has 2 fully saturated rings. The van der Waals surface area contributed by atoms with Gasteiger partial charge in [0.25, 0.3) is 0 Å². The van der Waals surface area contributed by atoms with E-state index < -0.39 is 0 Å². The lowest BCUT2D eigenvalue weighted by Crippen LogP contribution is -2.41. The fourth-order valence-electron chi connectivity index (χ4n) is 2.34. The second-order valence-electron chi connectivity index (χ2n) is 4.62. The van der Waals surface area contributed by atoms with Gasteiger partial charge in [-0.05, 0) is 31.1 Å². The fourth-order valence-corrected chi connectivity index (χ4v) is 2.34. The Balaban J connectivity index is 2.05. The Bertz CT molecular complexity index is 145. The lowest BCUT2D eigenvalue weighted by Gasteiger charge is -2.39. The van der Waals surface area contributed by atoms with Crippen molar-refractivity contribution in [3.05, 3.63) is 0 Å². The van der Waals surface area contributed by atoms with Crippen LogP contribution in [0.2, 0.25) is 0 Å². The van der Waals surface area contributed by atoms with Gasteiger partial charge < -0.3 is 4.74 Å². The van der Waals surface area contributed by atoms with Gasteiger partial charge in [-0.2, -0.15) is 0 Å². The summed E-state index contributed by atoms with van der Waals surface area (Å²) in [5.74, 6) is 0. The zero-order valence-corrected chi connectivity index (χ0v) is 6.94. The van der Waals surface area contributed by atoms with E-state index in [1.165, 1.54) is 25.7 Å². The lowest BCUT2D eigenvalue weighted by atomic mass is 9.86. The van der Waals surface area contributed by atoms with Gasteiger partial charge in [-0.3, -0.25) is 0 Å². The molecular formula is C9H16O. The lowest BCUT2D eigenvalue weighted by molar-refractivity contribution is -0.145. The molecular weight excluding hydrogens is 124 g/mol. The molecule has 2 rings (SSSR count). The molecule has 1 nitrogen and oxygen atoms in total. The smallest absolute Gasteiger partial charge is 0.0709 e. The predicted molar refractivity (Wildman–Crippen MR) is 40.9 cm³/mol. The molecule has 1 aliphatic heterocycles. The number of hydrogen-bond donors (Lipinski definition) is 0. The average Bonchev–Trinajstić information content (AvgIpc) is 2.04. The van der Waals surface area contributed by atoms with Crippen molar-refractivity contribution in [2.45, 2.75) is 45.1 Å². The standard InChI is InChI=1S/C9H16O/c1-8(2)3-4-9(7-8)5-6-10-9/h3-7H2,1-2H3. The summed E-state index contributed by atoms with van der Waals surface area (Å²) in [6.45, 7) is 5.71. The van der Waals surface area contributed by atoms with Crippen LogP contribution in [0.25, 0.3) is 0 Å². The van der Waals surface area contributed by atoms with Crippen LogP contribution < -0.4 is 0 Å². The maximum absolute atomic E-state index is 5.61. The van der Waals surface area contributed by atoms with Crippen LogP contribution >= 0.6 is 0 Å². The van der Waals surface area contributed by atoms with Crippen LogP contribution in [0.3, 0.4) is 0 Å². The predicted octanol–water partition coefficient (Wildman–Crippen LogP) is 2.36. The highest BCUT2D eigenvalue weighted by Gasteiger charge is 2.47. The third kappa shape index (κ3) is 0.878. The largest absolute Gasteiger partial charge is 0.375 e. The van der Waals surface area contributed by atoms with Gasteiger partial charge in [-0.25, -0.2) is 0 Å². The summed E-state index contributed by atoms with van der Waals surface area (Å²) in [4.78, 5) is 0. The molecule has 1 spiro atoms. The quantitative estimate of drug-likeness (QED) is 0.502. The van der Waals surface area contributed by atoms with Crippen LogP contribution in [0.15, 0.2) is 0 Å². The fraction of sp³-hybridized carbons (Fsp3) is 1.00. The van der Waals surface area contributed by atoms with Gasteiger partial charge in [-0.1, -0.05) is 13.8 Å². The van der Waals surface area contributed by atoms with E-state index in [0.29, 0.717) is 11.0 Å². The SMILES string of the molecule is CC1(C)CCC2(CCO2)C1. The second-order valence-corrected chi connectivity index (χ2v) is 4.62. The summed E-state index contributed by atoms with van der Waals surface area (Å²) in [5.41, 5.74) is 0.907. The van der Waals surface area contributed by atoms with Crippen molar-refractivity contribution in [2.75, 3.05) is 6.61 Å². The van der Waals surface area contributed by atoms with E-state index in [2.05, 4.69) is 13.8 Å². The molecule has 0 N–H and O–H groups in total. The maximum Gasteiger partial charge on any atom is 0.0709 e. The summed E-state index contributed by atoms with van der Waals surface area (Å²) in [6, 6.07) is 0. The number of ether oxygens (including phenoxy) is 1. The van der Waals surface area contributed by atoms with Crippen molar-refractivity contribution < 1.29 is 4.74 Å². The third-order valence-corrected chi connectivity index (χ3v) is 3.02. The van der Waals surface area contributed by atoms with E-state index in [-0.39, 0.29) is 0 Å². The minimum atomic E-state index is 0.351. The number of hydrogen-bond acceptors (Lipinski definition) is 1. The molecule has 1 heterocycles. The van der Waals surface area contributed by atoms with E-state index in [4.69, 9.17) is 4.74 Å². The highest BCUT2D eigenvalue weighted by Crippen LogP contribution is 2.50. The first-order valence-corrected chi connectivity index (χ1v) is 4.26. The molecule has 1 atom stereocenters. The Morgan fingerprint density at radius 2 is 1.80 bits per heavy atom. The van der Waals surface area contributed by atoms with Gasteiger partial charge in [0.1, 0.15) is 0 Å². The molecule has 1 saturated heterocycles. The molecule has 10 heavy (non-hydrogen) atoms. The molecule has 1 heteroatoms. The molecule has 1 aliphatic carbocycles. The Kier molecular flexibility index (Phi) is 1.17. The molecule has 0 radical (unpaired) electrons. The summed E-state index contributed by atoms with van der Waals surface area (Å²) in [7, 11) is 0. The van der Waals surface area contributed by atoms with Crippen molar-refractivity contribution in [1.82, 2.24) is 0 Å². The van der Waals surface area contributed by atoms with Crippen molar-refractivity contribution >= 4 is 0 Å². The molecule has 0 amide bonds. The minimum Gasteiger partial charge on any atom is -0.375 e. The second kappa shape index (κ2) is 1.76. The van der Waals surface area contributed by atoms with Crippen LogP contribution in [-0.4, -0.2) is 12.2 Å². The van der Waals surface area contributed by atoms with Crippen molar-refractivity contribution in [2.24, 2.45) is 5.41 Å². The van der Waals surface area contributed by atoms with Crippen molar-refractivity contribution in [3.8, 4) is 0 Å². The highest BCUT2D eigenvalue weighted by molar-refractivity contribution is 4.98. The van der Waals surface area contributed by atoms with Crippen LogP contribution in [0.4, 0.5) is 0 Å². The Morgan fingerprint density at radius 1 is 1.10 bits per heavy atom. The van der Waals surface area contributed by atoms with E-state index in [1.54, 1.807) is 0 Å². The van der Waals surface area contributed by atoms with Crippen molar-refractivity contribution in [3.63, 3.8) is 0 Å². The van der Waals surface area contributed by atoms with E-state index in [9.17, 15) is 0 Å². The first kappa shape index (κ1) is 6.66. The normalized spacial score (nSPS) is 43.8. The molecule has 58 valence electrons. The van der Waals surface area contributed by atoms with Gasteiger partial charge in [0, 0.05) is 0 Å². The molecule has 0 aromatic rings. The third-order valence-electron chi connectivity index (χ3n) is 3.02. The molecule has 0 aromatic heterocycles. The Morgan fingerprint density at radius 3 is 2.00 bits per heavy atom. The van der Waals surface area contributed by atoms with Crippen LogP contribution in [0.1, 0.15) is 39.5 Å². The average molecular weight is 140 g/mol. The monoisotopic (exact) mass is 140 g/mol. The van der Waals surface area contributed by atoms with Gasteiger partial charge in [0.05, 0.1) is 12.2 Å². The molecule has 0 bridgehead atoms. The summed E-state index contributed by atoms with van der Waals surface area (Å²) < 4.78 is 5.61. The first-order chi connectivity index (χ1) is 4.62. The molecule has 2 aliphatic rings. The van der Waals surface area contributed by atoms with Gasteiger partial charge in [0.15, 0.2) is 0 Å². The highest BCUT2D eigenvalue weighted by atomic mass is 16.5. The minimum absolute atomic E-state index is 0.351. The molecule has 1 unspecified atom stereocenters. The van der Waals surface area contributed by atoms with Gasteiger partial charge >= 0.3 is 0 Å². The number of rotatable bonds is 0. The van der Waals surface area contributed by atoms with E-state index in [0.717, 1.165) is 6.61 Å². The van der Waals surface area contributed by atoms with Crippen LogP contribution in [0, 0.1) is 5.41 Å². The summed E-state index contributed by atoms with van der Waals surface area (Å²) >= 11 is 0. The van der Waals surface area contributed by atoms with Crippen LogP contribution in [-0.2, 0) is 4.74 Å². The first-order valence-electron chi connectivity index (χ1n) is 4.26. The summed E-state index contributed by atoms with van der Waals surface area (Å²) in [5, 5.41) is 0. The van der Waals surface area contributed by atoms with E-state index in [1.807, 2.05) is 0 Å². The summed E-state index contributed by atoms with van der Waals surface area (Å²) in [6.07, 6.45) is 5.27. The van der Waals surface area contributed by atoms with Gasteiger partial charge in [-0.15, -0.1) is 0 Å². The van der Waals surface area contributed by atoms with Gasteiger partial charge in [0.2, 0.25) is 0 Å². The van der Waals surface area contributed by atoms with Crippen LogP contribution in [0.5, 0.6) is 0 Å². The van der Waals surface area contributed by atoms with Crippen molar-refractivity contribution in [1.29, 1.82) is 0 Å². The zero-order valence-electron chi connectivity index (χ0n) is 6.94. The Hall–Kier alpha value is -0.0400. The molecule has 1 saturated carbocycles.